The van der Waals surface area contributed by atoms with Crippen molar-refractivity contribution in [1.82, 2.24) is 5.32 Å². The first kappa shape index (κ1) is 13.5. The molecular formula is C11H15FN2O3. The van der Waals surface area contributed by atoms with Crippen molar-refractivity contribution in [2.45, 2.75) is 19.6 Å². The lowest BCUT2D eigenvalue weighted by atomic mass is 10.2. The Balaban J connectivity index is 2.72. The zero-order chi connectivity index (χ0) is 12.8. The summed E-state index contributed by atoms with van der Waals surface area (Å²) in [6.45, 7) is 2.50. The van der Waals surface area contributed by atoms with Gasteiger partial charge in [0.1, 0.15) is 0 Å². The predicted octanol–water partition coefficient (Wildman–Crippen LogP) is 1.86. The second-order valence-electron chi connectivity index (χ2n) is 3.69. The molecule has 0 heterocycles. The summed E-state index contributed by atoms with van der Waals surface area (Å²) in [6, 6.07) is 4.06. The van der Waals surface area contributed by atoms with Crippen LogP contribution in [0.5, 0.6) is 0 Å². The standard InChI is InChI=1S/C11H15FN2O3/c1-8(6-13-2)17-7-9-4-3-5-10(11(9)12)14(15)16/h3-5,8,13H,6-7H2,1-2H3. The summed E-state index contributed by atoms with van der Waals surface area (Å²) in [7, 11) is 1.79. The molecule has 94 valence electrons. The molecule has 17 heavy (non-hydrogen) atoms. The van der Waals surface area contributed by atoms with Crippen LogP contribution in [0.4, 0.5) is 10.1 Å². The molecule has 0 spiro atoms. The van der Waals surface area contributed by atoms with Crippen molar-refractivity contribution in [3.05, 3.63) is 39.7 Å². The fraction of sp³-hybridized carbons (Fsp3) is 0.455. The van der Waals surface area contributed by atoms with Gasteiger partial charge < -0.3 is 10.1 Å². The maximum atomic E-state index is 13.6. The first-order chi connectivity index (χ1) is 8.06. The highest BCUT2D eigenvalue weighted by molar-refractivity contribution is 5.36. The van der Waals surface area contributed by atoms with Crippen LogP contribution in [0.2, 0.25) is 0 Å². The molecule has 0 saturated carbocycles. The van der Waals surface area contributed by atoms with E-state index in [1.54, 1.807) is 7.05 Å². The molecule has 1 N–H and O–H groups in total. The lowest BCUT2D eigenvalue weighted by Crippen LogP contribution is -2.23. The Hall–Kier alpha value is -1.53. The molecule has 6 heteroatoms. The number of benzene rings is 1. The number of nitro benzene ring substituents is 1. The second-order valence-corrected chi connectivity index (χ2v) is 3.69. The molecule has 1 unspecified atom stereocenters. The quantitative estimate of drug-likeness (QED) is 0.611. The Morgan fingerprint density at radius 1 is 1.59 bits per heavy atom. The molecule has 1 rings (SSSR count). The summed E-state index contributed by atoms with van der Waals surface area (Å²) in [6.07, 6.45) is -0.0846. The number of nitrogens with one attached hydrogen (secondary N) is 1. The molecule has 0 bridgehead atoms. The molecule has 0 aliphatic carbocycles. The van der Waals surface area contributed by atoms with E-state index < -0.39 is 16.4 Å². The first-order valence-electron chi connectivity index (χ1n) is 5.24. The molecular weight excluding hydrogens is 227 g/mol. The molecule has 0 fully saturated rings. The minimum Gasteiger partial charge on any atom is -0.372 e. The van der Waals surface area contributed by atoms with E-state index in [0.29, 0.717) is 6.54 Å². The highest BCUT2D eigenvalue weighted by atomic mass is 19.1. The van der Waals surface area contributed by atoms with Crippen LogP contribution in [0.3, 0.4) is 0 Å². The number of rotatable bonds is 6. The van der Waals surface area contributed by atoms with Crippen LogP contribution < -0.4 is 5.32 Å². The van der Waals surface area contributed by atoms with E-state index in [-0.39, 0.29) is 18.3 Å². The van der Waals surface area contributed by atoms with Gasteiger partial charge in [0.05, 0.1) is 17.6 Å². The minimum atomic E-state index is -0.825. The van der Waals surface area contributed by atoms with E-state index in [2.05, 4.69) is 5.32 Å². The van der Waals surface area contributed by atoms with E-state index in [1.165, 1.54) is 12.1 Å². The largest absolute Gasteiger partial charge is 0.372 e. The number of nitrogens with zero attached hydrogens (tertiary/aromatic N) is 1. The average Bonchev–Trinajstić information content (AvgIpc) is 2.27. The fourth-order valence-corrected chi connectivity index (χ4v) is 1.40. The van der Waals surface area contributed by atoms with Crippen molar-refractivity contribution in [3.63, 3.8) is 0 Å². The van der Waals surface area contributed by atoms with Gasteiger partial charge in [-0.05, 0) is 14.0 Å². The minimum absolute atomic E-state index is 0.0242. The Kier molecular flexibility index (Phi) is 4.99. The van der Waals surface area contributed by atoms with Gasteiger partial charge in [0.15, 0.2) is 0 Å². The Morgan fingerprint density at radius 3 is 2.88 bits per heavy atom. The topological polar surface area (TPSA) is 64.4 Å². The number of hydrogen-bond acceptors (Lipinski definition) is 4. The van der Waals surface area contributed by atoms with Crippen LogP contribution in [-0.4, -0.2) is 24.6 Å². The molecule has 5 nitrogen and oxygen atoms in total. The van der Waals surface area contributed by atoms with Crippen molar-refractivity contribution >= 4 is 5.69 Å². The van der Waals surface area contributed by atoms with Crippen molar-refractivity contribution < 1.29 is 14.1 Å². The van der Waals surface area contributed by atoms with Gasteiger partial charge in [0.25, 0.3) is 0 Å². The SMILES string of the molecule is CNCC(C)OCc1cccc([N+](=O)[O-])c1F. The third kappa shape index (κ3) is 3.76. The van der Waals surface area contributed by atoms with E-state index in [9.17, 15) is 14.5 Å². The van der Waals surface area contributed by atoms with Gasteiger partial charge >= 0.3 is 5.69 Å². The van der Waals surface area contributed by atoms with E-state index in [1.807, 2.05) is 6.92 Å². The van der Waals surface area contributed by atoms with Crippen molar-refractivity contribution in [3.8, 4) is 0 Å². The zero-order valence-electron chi connectivity index (χ0n) is 9.77. The van der Waals surface area contributed by atoms with Gasteiger partial charge in [-0.3, -0.25) is 10.1 Å². The van der Waals surface area contributed by atoms with Crippen LogP contribution in [0.1, 0.15) is 12.5 Å². The normalized spacial score (nSPS) is 12.4. The number of nitro groups is 1. The van der Waals surface area contributed by atoms with Crippen LogP contribution in [0.15, 0.2) is 18.2 Å². The molecule has 0 radical (unpaired) electrons. The summed E-state index contributed by atoms with van der Waals surface area (Å²) < 4.78 is 19.0. The third-order valence-electron chi connectivity index (χ3n) is 2.27. The highest BCUT2D eigenvalue weighted by Gasteiger charge is 2.17. The number of hydrogen-bond donors (Lipinski definition) is 1. The average molecular weight is 242 g/mol. The Bertz CT molecular complexity index is 398. The lowest BCUT2D eigenvalue weighted by molar-refractivity contribution is -0.387. The molecule has 0 aliphatic rings. The van der Waals surface area contributed by atoms with Crippen molar-refractivity contribution in [1.29, 1.82) is 0 Å². The Labute approximate surface area is 98.7 Å². The van der Waals surface area contributed by atoms with E-state index in [4.69, 9.17) is 4.74 Å². The lowest BCUT2D eigenvalue weighted by Gasteiger charge is -2.12. The van der Waals surface area contributed by atoms with Gasteiger partial charge in [-0.1, -0.05) is 12.1 Å². The van der Waals surface area contributed by atoms with Gasteiger partial charge in [0.2, 0.25) is 5.82 Å². The van der Waals surface area contributed by atoms with Crippen LogP contribution in [-0.2, 0) is 11.3 Å². The molecule has 0 amide bonds. The van der Waals surface area contributed by atoms with Crippen molar-refractivity contribution in [2.24, 2.45) is 0 Å². The summed E-state index contributed by atoms with van der Waals surface area (Å²) >= 11 is 0. The van der Waals surface area contributed by atoms with Crippen LogP contribution in [0, 0.1) is 15.9 Å². The molecule has 1 atom stereocenters. The molecule has 1 aromatic carbocycles. The maximum Gasteiger partial charge on any atom is 0.305 e. The monoisotopic (exact) mass is 242 g/mol. The molecule has 0 aliphatic heterocycles. The van der Waals surface area contributed by atoms with Crippen LogP contribution in [0.25, 0.3) is 0 Å². The molecule has 1 aromatic rings. The molecule has 0 aromatic heterocycles. The number of halogens is 1. The van der Waals surface area contributed by atoms with E-state index >= 15 is 0 Å². The summed E-state index contributed by atoms with van der Waals surface area (Å²) in [4.78, 5) is 9.79. The number of ether oxygens (including phenoxy) is 1. The fourth-order valence-electron chi connectivity index (χ4n) is 1.40. The summed E-state index contributed by atoms with van der Waals surface area (Å²) in [5.74, 6) is -0.825. The maximum absolute atomic E-state index is 13.6. The van der Waals surface area contributed by atoms with E-state index in [0.717, 1.165) is 6.07 Å². The zero-order valence-corrected chi connectivity index (χ0v) is 9.77. The van der Waals surface area contributed by atoms with Crippen molar-refractivity contribution in [2.75, 3.05) is 13.6 Å². The van der Waals surface area contributed by atoms with Gasteiger partial charge in [-0.2, -0.15) is 4.39 Å². The predicted molar refractivity (Wildman–Crippen MR) is 61.2 cm³/mol. The number of likely N-dealkylation sites (N-methyl/N-ethyl adjacent to an activating group) is 1. The van der Waals surface area contributed by atoms with Crippen LogP contribution >= 0.6 is 0 Å². The summed E-state index contributed by atoms with van der Waals surface area (Å²) in [5, 5.41) is 13.5. The Morgan fingerprint density at radius 2 is 2.29 bits per heavy atom. The van der Waals surface area contributed by atoms with Gasteiger partial charge in [-0.15, -0.1) is 0 Å². The van der Waals surface area contributed by atoms with Gasteiger partial charge in [0, 0.05) is 18.2 Å². The first-order valence-corrected chi connectivity index (χ1v) is 5.24. The summed E-state index contributed by atoms with van der Waals surface area (Å²) in [5.41, 5.74) is -0.325. The highest BCUT2D eigenvalue weighted by Crippen LogP contribution is 2.20. The molecule has 0 saturated heterocycles. The smallest absolute Gasteiger partial charge is 0.305 e. The third-order valence-corrected chi connectivity index (χ3v) is 2.27. The van der Waals surface area contributed by atoms with Gasteiger partial charge in [-0.25, -0.2) is 0 Å². The second kappa shape index (κ2) is 6.27.